The van der Waals surface area contributed by atoms with Gasteiger partial charge in [-0.2, -0.15) is 0 Å². The number of hydrogen-bond donors (Lipinski definition) is 1. The first-order valence-corrected chi connectivity index (χ1v) is 5.22. The molecule has 1 atom stereocenters. The first-order valence-electron chi connectivity index (χ1n) is 5.22. The van der Waals surface area contributed by atoms with Crippen LogP contribution in [0.1, 0.15) is 24.1 Å². The first kappa shape index (κ1) is 10.7. The van der Waals surface area contributed by atoms with Gasteiger partial charge in [-0.3, -0.25) is 0 Å². The Hall–Kier alpha value is -1.77. The molecular weight excluding hydrogens is 205 g/mol. The zero-order valence-electron chi connectivity index (χ0n) is 9.33. The molecule has 0 saturated carbocycles. The topological polar surface area (TPSA) is 25.2 Å². The van der Waals surface area contributed by atoms with Crippen molar-refractivity contribution in [2.24, 2.45) is 0 Å². The fourth-order valence-corrected chi connectivity index (χ4v) is 1.60. The normalized spacial score (nSPS) is 12.4. The number of halogens is 1. The molecule has 1 heterocycles. The van der Waals surface area contributed by atoms with Crippen LogP contribution in [0.3, 0.4) is 0 Å². The van der Waals surface area contributed by atoms with E-state index in [4.69, 9.17) is 4.42 Å². The van der Waals surface area contributed by atoms with E-state index in [-0.39, 0.29) is 11.9 Å². The van der Waals surface area contributed by atoms with Crippen molar-refractivity contribution in [1.29, 1.82) is 0 Å². The lowest BCUT2D eigenvalue weighted by Gasteiger charge is -2.14. The zero-order chi connectivity index (χ0) is 11.5. The van der Waals surface area contributed by atoms with Crippen LogP contribution in [0, 0.1) is 12.7 Å². The van der Waals surface area contributed by atoms with E-state index < -0.39 is 0 Å². The van der Waals surface area contributed by atoms with Crippen molar-refractivity contribution in [3.8, 4) is 0 Å². The molecule has 1 aromatic carbocycles. The molecule has 2 rings (SSSR count). The van der Waals surface area contributed by atoms with Crippen molar-refractivity contribution in [2.45, 2.75) is 19.9 Å². The van der Waals surface area contributed by atoms with E-state index in [0.717, 1.165) is 5.56 Å². The van der Waals surface area contributed by atoms with Crippen molar-refractivity contribution in [3.05, 3.63) is 53.7 Å². The van der Waals surface area contributed by atoms with E-state index in [9.17, 15) is 4.39 Å². The molecule has 2 aromatic rings. The van der Waals surface area contributed by atoms with E-state index in [1.54, 1.807) is 31.6 Å². The molecular formula is C13H14FNO. The second kappa shape index (κ2) is 4.39. The van der Waals surface area contributed by atoms with Crippen LogP contribution in [-0.2, 0) is 0 Å². The Bertz CT molecular complexity index is 465. The Balaban J connectivity index is 2.18. The number of nitrogens with one attached hydrogen (secondary N) is 1. The first-order chi connectivity index (χ1) is 7.68. The number of aryl methyl sites for hydroxylation is 1. The standard InChI is InChI=1S/C13H14FNO/c1-9-4-3-5-12(13(9)14)15-10(2)11-6-7-16-8-11/h3-8,10,15H,1-2H3. The van der Waals surface area contributed by atoms with Crippen molar-refractivity contribution in [3.63, 3.8) is 0 Å². The summed E-state index contributed by atoms with van der Waals surface area (Å²) in [6.45, 7) is 3.72. The third-order valence-corrected chi connectivity index (χ3v) is 2.61. The predicted molar refractivity (Wildman–Crippen MR) is 61.9 cm³/mol. The summed E-state index contributed by atoms with van der Waals surface area (Å²) >= 11 is 0. The lowest BCUT2D eigenvalue weighted by Crippen LogP contribution is -2.07. The van der Waals surface area contributed by atoms with Gasteiger partial charge in [-0.05, 0) is 31.5 Å². The molecule has 0 bridgehead atoms. The summed E-state index contributed by atoms with van der Waals surface area (Å²) < 4.78 is 18.7. The Morgan fingerprint density at radius 1 is 1.31 bits per heavy atom. The molecule has 0 fully saturated rings. The summed E-state index contributed by atoms with van der Waals surface area (Å²) in [5.41, 5.74) is 2.17. The smallest absolute Gasteiger partial charge is 0.149 e. The number of rotatable bonds is 3. The maximum Gasteiger partial charge on any atom is 0.149 e. The fraction of sp³-hybridized carbons (Fsp3) is 0.231. The van der Waals surface area contributed by atoms with Gasteiger partial charge in [0.2, 0.25) is 0 Å². The SMILES string of the molecule is Cc1cccc(NC(C)c2ccoc2)c1F. The molecule has 84 valence electrons. The molecule has 0 radical (unpaired) electrons. The second-order valence-electron chi connectivity index (χ2n) is 3.86. The van der Waals surface area contributed by atoms with Crippen LogP contribution < -0.4 is 5.32 Å². The summed E-state index contributed by atoms with van der Waals surface area (Å²) in [5, 5.41) is 3.12. The van der Waals surface area contributed by atoms with Gasteiger partial charge in [0.05, 0.1) is 24.3 Å². The fourth-order valence-electron chi connectivity index (χ4n) is 1.60. The maximum absolute atomic E-state index is 13.7. The second-order valence-corrected chi connectivity index (χ2v) is 3.86. The number of benzene rings is 1. The minimum Gasteiger partial charge on any atom is -0.472 e. The molecule has 0 aliphatic heterocycles. The number of anilines is 1. The quantitative estimate of drug-likeness (QED) is 0.846. The molecule has 3 heteroatoms. The molecule has 1 unspecified atom stereocenters. The average Bonchev–Trinajstić information content (AvgIpc) is 2.78. The Kier molecular flexibility index (Phi) is 2.95. The van der Waals surface area contributed by atoms with Gasteiger partial charge < -0.3 is 9.73 Å². The third kappa shape index (κ3) is 2.08. The lowest BCUT2D eigenvalue weighted by molar-refractivity contribution is 0.561. The van der Waals surface area contributed by atoms with Crippen LogP contribution in [0.25, 0.3) is 0 Å². The summed E-state index contributed by atoms with van der Waals surface area (Å²) in [4.78, 5) is 0. The van der Waals surface area contributed by atoms with E-state index in [1.807, 2.05) is 19.1 Å². The van der Waals surface area contributed by atoms with Gasteiger partial charge in [0.25, 0.3) is 0 Å². The largest absolute Gasteiger partial charge is 0.472 e. The van der Waals surface area contributed by atoms with Crippen LogP contribution >= 0.6 is 0 Å². The van der Waals surface area contributed by atoms with E-state index in [0.29, 0.717) is 11.3 Å². The minimum atomic E-state index is -0.196. The van der Waals surface area contributed by atoms with Gasteiger partial charge in [0.15, 0.2) is 0 Å². The molecule has 1 N–H and O–H groups in total. The number of hydrogen-bond acceptors (Lipinski definition) is 2. The third-order valence-electron chi connectivity index (χ3n) is 2.61. The molecule has 0 saturated heterocycles. The number of furan rings is 1. The molecule has 2 nitrogen and oxygen atoms in total. The van der Waals surface area contributed by atoms with E-state index >= 15 is 0 Å². The summed E-state index contributed by atoms with van der Waals surface area (Å²) in [6, 6.07) is 7.21. The zero-order valence-corrected chi connectivity index (χ0v) is 9.33. The van der Waals surface area contributed by atoms with Gasteiger partial charge in [-0.15, -0.1) is 0 Å². The summed E-state index contributed by atoms with van der Waals surface area (Å²) in [7, 11) is 0. The average molecular weight is 219 g/mol. The van der Waals surface area contributed by atoms with E-state index in [2.05, 4.69) is 5.32 Å². The van der Waals surface area contributed by atoms with Crippen LogP contribution in [0.4, 0.5) is 10.1 Å². The van der Waals surface area contributed by atoms with Crippen molar-refractivity contribution in [1.82, 2.24) is 0 Å². The Morgan fingerprint density at radius 2 is 2.12 bits per heavy atom. The maximum atomic E-state index is 13.7. The van der Waals surface area contributed by atoms with Gasteiger partial charge >= 0.3 is 0 Å². The molecule has 0 aliphatic rings. The van der Waals surface area contributed by atoms with Crippen molar-refractivity contribution >= 4 is 5.69 Å². The highest BCUT2D eigenvalue weighted by Crippen LogP contribution is 2.23. The van der Waals surface area contributed by atoms with Crippen LogP contribution in [0.15, 0.2) is 41.2 Å². The highest BCUT2D eigenvalue weighted by molar-refractivity contribution is 5.48. The van der Waals surface area contributed by atoms with Crippen LogP contribution in [-0.4, -0.2) is 0 Å². The van der Waals surface area contributed by atoms with E-state index in [1.165, 1.54) is 0 Å². The van der Waals surface area contributed by atoms with Gasteiger partial charge in [-0.1, -0.05) is 12.1 Å². The van der Waals surface area contributed by atoms with Crippen LogP contribution in [0.5, 0.6) is 0 Å². The van der Waals surface area contributed by atoms with Gasteiger partial charge in [0.1, 0.15) is 5.82 Å². The highest BCUT2D eigenvalue weighted by Gasteiger charge is 2.10. The summed E-state index contributed by atoms with van der Waals surface area (Å²) in [6.07, 6.45) is 3.27. The highest BCUT2D eigenvalue weighted by atomic mass is 19.1. The monoisotopic (exact) mass is 219 g/mol. The Morgan fingerprint density at radius 3 is 2.81 bits per heavy atom. The van der Waals surface area contributed by atoms with Crippen molar-refractivity contribution < 1.29 is 8.81 Å². The molecule has 0 aliphatic carbocycles. The molecule has 0 amide bonds. The minimum absolute atomic E-state index is 0.0232. The van der Waals surface area contributed by atoms with Crippen molar-refractivity contribution in [2.75, 3.05) is 5.32 Å². The summed E-state index contributed by atoms with van der Waals surface area (Å²) in [5.74, 6) is -0.196. The molecule has 16 heavy (non-hydrogen) atoms. The van der Waals surface area contributed by atoms with Crippen LogP contribution in [0.2, 0.25) is 0 Å². The lowest BCUT2D eigenvalue weighted by atomic mass is 10.1. The van der Waals surface area contributed by atoms with Gasteiger partial charge in [0, 0.05) is 5.56 Å². The van der Waals surface area contributed by atoms with Gasteiger partial charge in [-0.25, -0.2) is 4.39 Å². The Labute approximate surface area is 94.1 Å². The molecule has 1 aromatic heterocycles. The predicted octanol–water partition coefficient (Wildman–Crippen LogP) is 3.90. The molecule has 0 spiro atoms.